The Hall–Kier alpha value is 0.356. The van der Waals surface area contributed by atoms with Crippen molar-refractivity contribution in [3.63, 3.8) is 0 Å². The van der Waals surface area contributed by atoms with Gasteiger partial charge in [0.2, 0.25) is 0 Å². The Morgan fingerprint density at radius 2 is 1.69 bits per heavy atom. The van der Waals surface area contributed by atoms with Crippen LogP contribution < -0.4 is 14.3 Å². The van der Waals surface area contributed by atoms with Gasteiger partial charge >= 0.3 is 23.1 Å². The molecule has 0 aliphatic carbocycles. The van der Waals surface area contributed by atoms with Crippen LogP contribution in [-0.4, -0.2) is 23.1 Å². The molecular weight excluding hydrogens is 219 g/mol. The first-order valence-corrected chi connectivity index (χ1v) is 5.81. The average molecular weight is 226 g/mol. The molecule has 0 N–H and O–H groups in total. The standard InChI is InChI=1S/C7H9O3PS.Mg/c1-6-2-4-7(5-3-6)10-11(8,9)12;/h2-5H,1H3,(H2,8,9,12);/q;+2/p-2. The molecule has 0 aliphatic rings. The number of aryl methyl sites for hydroxylation is 1. The zero-order chi connectivity index (χ0) is 9.19. The second-order valence-electron chi connectivity index (χ2n) is 2.35. The largest absolute Gasteiger partial charge is 2.00 e. The summed E-state index contributed by atoms with van der Waals surface area (Å²) >= 11 is 4.08. The van der Waals surface area contributed by atoms with Gasteiger partial charge in [0.25, 0.3) is 0 Å². The van der Waals surface area contributed by atoms with Gasteiger partial charge in [0.05, 0.1) is 0 Å². The van der Waals surface area contributed by atoms with E-state index in [1.165, 1.54) is 0 Å². The second-order valence-corrected chi connectivity index (χ2v) is 4.77. The van der Waals surface area contributed by atoms with Crippen molar-refractivity contribution in [2.45, 2.75) is 6.92 Å². The van der Waals surface area contributed by atoms with Crippen molar-refractivity contribution < 1.29 is 14.3 Å². The molecule has 13 heavy (non-hydrogen) atoms. The van der Waals surface area contributed by atoms with E-state index in [2.05, 4.69) is 16.3 Å². The fraction of sp³-hybridized carbons (Fsp3) is 0.143. The molecule has 0 aliphatic heterocycles. The van der Waals surface area contributed by atoms with E-state index in [1.54, 1.807) is 24.3 Å². The Labute approximate surface area is 98.1 Å². The molecule has 0 saturated heterocycles. The zero-order valence-electron chi connectivity index (χ0n) is 7.10. The Morgan fingerprint density at radius 3 is 2.08 bits per heavy atom. The van der Waals surface area contributed by atoms with Crippen LogP contribution in [0.1, 0.15) is 5.56 Å². The Balaban J connectivity index is 0.00000144. The molecule has 1 aromatic carbocycles. The van der Waals surface area contributed by atoms with Gasteiger partial charge in [-0.3, -0.25) is 0 Å². The van der Waals surface area contributed by atoms with Crippen LogP contribution in [0.2, 0.25) is 0 Å². The molecule has 1 rings (SSSR count). The minimum absolute atomic E-state index is 0. The minimum atomic E-state index is -4.07. The van der Waals surface area contributed by atoms with E-state index in [1.807, 2.05) is 6.92 Å². The number of hydrogen-bond acceptors (Lipinski definition) is 4. The second kappa shape index (κ2) is 5.29. The van der Waals surface area contributed by atoms with Gasteiger partial charge < -0.3 is 14.3 Å². The predicted octanol–water partition coefficient (Wildman–Crippen LogP) is -0.0619. The van der Waals surface area contributed by atoms with E-state index in [0.29, 0.717) is 0 Å². The normalized spacial score (nSPS) is 10.4. The Kier molecular flexibility index (Phi) is 5.43. The maximum absolute atomic E-state index is 10.5. The molecule has 0 bridgehead atoms. The summed E-state index contributed by atoms with van der Waals surface area (Å²) in [7, 11) is 0. The number of hydrogen-bond donors (Lipinski definition) is 0. The molecule has 66 valence electrons. The van der Waals surface area contributed by atoms with Gasteiger partial charge in [-0.15, -0.1) is 0 Å². The summed E-state index contributed by atoms with van der Waals surface area (Å²) in [6.45, 7) is -2.17. The quantitative estimate of drug-likeness (QED) is 0.524. The third kappa shape index (κ3) is 5.62. The van der Waals surface area contributed by atoms with E-state index < -0.39 is 6.72 Å². The molecule has 0 amide bonds. The molecule has 0 fully saturated rings. The summed E-state index contributed by atoms with van der Waals surface area (Å²) in [5, 5.41) is 0. The molecule has 1 aromatic rings. The molecular formula is C7H7MgO3PS. The minimum Gasteiger partial charge on any atom is -0.803 e. The molecule has 3 nitrogen and oxygen atoms in total. The molecule has 0 saturated carbocycles. The molecule has 0 unspecified atom stereocenters. The van der Waals surface area contributed by atoms with Crippen LogP contribution in [0, 0.1) is 6.92 Å². The van der Waals surface area contributed by atoms with Crippen molar-refractivity contribution in [2.75, 3.05) is 0 Å². The first kappa shape index (κ1) is 13.4. The monoisotopic (exact) mass is 226 g/mol. The molecule has 0 atom stereocenters. The van der Waals surface area contributed by atoms with Gasteiger partial charge in [-0.25, -0.2) is 0 Å². The van der Waals surface area contributed by atoms with Gasteiger partial charge in [-0.05, 0) is 25.8 Å². The summed E-state index contributed by atoms with van der Waals surface area (Å²) in [4.78, 5) is 21.0. The van der Waals surface area contributed by atoms with Crippen molar-refractivity contribution in [2.24, 2.45) is 0 Å². The molecule has 0 spiro atoms. The summed E-state index contributed by atoms with van der Waals surface area (Å²) < 4.78 is 4.47. The van der Waals surface area contributed by atoms with Crippen LogP contribution in [0.4, 0.5) is 0 Å². The fourth-order valence-electron chi connectivity index (χ4n) is 0.728. The van der Waals surface area contributed by atoms with Crippen molar-refractivity contribution in [3.8, 4) is 5.75 Å². The maximum Gasteiger partial charge on any atom is 2.00 e. The van der Waals surface area contributed by atoms with Crippen LogP contribution in [-0.2, 0) is 11.8 Å². The fourth-order valence-corrected chi connectivity index (χ4v) is 1.37. The van der Waals surface area contributed by atoms with E-state index in [4.69, 9.17) is 0 Å². The summed E-state index contributed by atoms with van der Waals surface area (Å²) in [6, 6.07) is 6.62. The molecule has 0 radical (unpaired) electrons. The van der Waals surface area contributed by atoms with Crippen LogP contribution in [0.3, 0.4) is 0 Å². The van der Waals surface area contributed by atoms with Gasteiger partial charge in [-0.2, -0.15) is 0 Å². The van der Waals surface area contributed by atoms with E-state index in [9.17, 15) is 9.79 Å². The topological polar surface area (TPSA) is 55.3 Å². The Morgan fingerprint density at radius 1 is 1.23 bits per heavy atom. The number of rotatable bonds is 2. The maximum atomic E-state index is 10.5. The first-order chi connectivity index (χ1) is 5.47. The van der Waals surface area contributed by atoms with Crippen molar-refractivity contribution in [1.29, 1.82) is 0 Å². The van der Waals surface area contributed by atoms with E-state index in [0.717, 1.165) is 5.56 Å². The van der Waals surface area contributed by atoms with Gasteiger partial charge in [-0.1, -0.05) is 29.5 Å². The average Bonchev–Trinajstić information content (AvgIpc) is 1.91. The SMILES string of the molecule is Cc1ccc(OP([O-])([O-])=S)cc1.[Mg+2]. The van der Waals surface area contributed by atoms with Crippen molar-refractivity contribution in [1.82, 2.24) is 0 Å². The molecule has 0 heterocycles. The Bertz CT molecular complexity index is 308. The van der Waals surface area contributed by atoms with Gasteiger partial charge in [0.1, 0.15) is 5.75 Å². The molecule has 6 heteroatoms. The third-order valence-electron chi connectivity index (χ3n) is 1.24. The smallest absolute Gasteiger partial charge is 0.803 e. The summed E-state index contributed by atoms with van der Waals surface area (Å²) in [5.74, 6) is 0.258. The van der Waals surface area contributed by atoms with Crippen LogP contribution in [0.15, 0.2) is 24.3 Å². The summed E-state index contributed by atoms with van der Waals surface area (Å²) in [5.41, 5.74) is 1.03. The number of benzene rings is 1. The van der Waals surface area contributed by atoms with Crippen molar-refractivity contribution in [3.05, 3.63) is 29.8 Å². The van der Waals surface area contributed by atoms with Crippen LogP contribution in [0.5, 0.6) is 5.75 Å². The van der Waals surface area contributed by atoms with E-state index in [-0.39, 0.29) is 28.8 Å². The van der Waals surface area contributed by atoms with Crippen LogP contribution in [0.25, 0.3) is 0 Å². The third-order valence-corrected chi connectivity index (χ3v) is 1.90. The summed E-state index contributed by atoms with van der Waals surface area (Å²) in [6.07, 6.45) is 0. The first-order valence-electron chi connectivity index (χ1n) is 3.26. The molecule has 0 aromatic heterocycles. The zero-order valence-corrected chi connectivity index (χ0v) is 10.2. The van der Waals surface area contributed by atoms with Gasteiger partial charge in [0, 0.05) is 0 Å². The van der Waals surface area contributed by atoms with E-state index >= 15 is 0 Å². The van der Waals surface area contributed by atoms with Crippen molar-refractivity contribution >= 4 is 41.6 Å². The predicted molar refractivity (Wildman–Crippen MR) is 51.8 cm³/mol. The van der Waals surface area contributed by atoms with Gasteiger partial charge in [0.15, 0.2) is 0 Å². The van der Waals surface area contributed by atoms with Crippen LogP contribution >= 0.6 is 6.72 Å².